The lowest BCUT2D eigenvalue weighted by Gasteiger charge is -2.25. The van der Waals surface area contributed by atoms with Crippen LogP contribution < -0.4 is 5.32 Å². The van der Waals surface area contributed by atoms with Gasteiger partial charge < -0.3 is 5.32 Å². The van der Waals surface area contributed by atoms with E-state index in [9.17, 15) is 0 Å². The summed E-state index contributed by atoms with van der Waals surface area (Å²) < 4.78 is 0. The molecule has 0 aliphatic carbocycles. The molecule has 0 fully saturated rings. The van der Waals surface area contributed by atoms with Gasteiger partial charge in [-0.1, -0.05) is 51.5 Å². The second-order valence-corrected chi connectivity index (χ2v) is 7.38. The van der Waals surface area contributed by atoms with Crippen molar-refractivity contribution in [2.75, 3.05) is 6.54 Å². The zero-order valence-corrected chi connectivity index (χ0v) is 14.3. The molecule has 0 saturated carbocycles. The fourth-order valence-corrected chi connectivity index (χ4v) is 2.52. The van der Waals surface area contributed by atoms with Gasteiger partial charge in [-0.2, -0.15) is 0 Å². The monoisotopic (exact) mass is 275 g/mol. The third-order valence-corrected chi connectivity index (χ3v) is 3.90. The van der Waals surface area contributed by atoms with E-state index >= 15 is 0 Å². The van der Waals surface area contributed by atoms with Gasteiger partial charge in [-0.3, -0.25) is 0 Å². The molecule has 0 amide bonds. The normalized spacial score (nSPS) is 13.5. The summed E-state index contributed by atoms with van der Waals surface area (Å²) in [7, 11) is 0. The lowest BCUT2D eigenvalue weighted by molar-refractivity contribution is 0.328. The maximum Gasteiger partial charge on any atom is 0.0108 e. The Labute approximate surface area is 126 Å². The molecule has 114 valence electrons. The maximum absolute atomic E-state index is 3.74. The number of hydrogen-bond donors (Lipinski definition) is 1. The molecule has 1 rings (SSSR count). The SMILES string of the molecule is CCCNC(CCC(C)(C)C)Cc1cc(C)ccc1C. The predicted molar refractivity (Wildman–Crippen MR) is 90.4 cm³/mol. The molecule has 0 bridgehead atoms. The van der Waals surface area contributed by atoms with E-state index in [1.807, 2.05) is 0 Å². The third-order valence-electron chi connectivity index (χ3n) is 3.90. The van der Waals surface area contributed by atoms with Crippen molar-refractivity contribution in [3.63, 3.8) is 0 Å². The summed E-state index contributed by atoms with van der Waals surface area (Å²) in [6.07, 6.45) is 4.90. The minimum Gasteiger partial charge on any atom is -0.314 e. The molecule has 1 heteroatoms. The van der Waals surface area contributed by atoms with Crippen molar-refractivity contribution in [2.45, 2.75) is 73.3 Å². The van der Waals surface area contributed by atoms with Gasteiger partial charge in [0.15, 0.2) is 0 Å². The van der Waals surface area contributed by atoms with Crippen molar-refractivity contribution in [3.8, 4) is 0 Å². The largest absolute Gasteiger partial charge is 0.314 e. The lowest BCUT2D eigenvalue weighted by Crippen LogP contribution is -2.33. The van der Waals surface area contributed by atoms with Gasteiger partial charge in [0.2, 0.25) is 0 Å². The van der Waals surface area contributed by atoms with Gasteiger partial charge in [-0.05, 0) is 62.6 Å². The van der Waals surface area contributed by atoms with Crippen LogP contribution in [0, 0.1) is 19.3 Å². The number of benzene rings is 1. The van der Waals surface area contributed by atoms with Crippen molar-refractivity contribution in [1.29, 1.82) is 0 Å². The van der Waals surface area contributed by atoms with Gasteiger partial charge in [0.05, 0.1) is 0 Å². The van der Waals surface area contributed by atoms with Crippen LogP contribution in [0.2, 0.25) is 0 Å². The van der Waals surface area contributed by atoms with Gasteiger partial charge in [0.1, 0.15) is 0 Å². The van der Waals surface area contributed by atoms with E-state index in [1.165, 1.54) is 36.0 Å². The molecule has 1 unspecified atom stereocenters. The Hall–Kier alpha value is -0.820. The maximum atomic E-state index is 3.74. The molecule has 0 aliphatic rings. The van der Waals surface area contributed by atoms with E-state index in [0.717, 1.165) is 13.0 Å². The van der Waals surface area contributed by atoms with Gasteiger partial charge >= 0.3 is 0 Å². The number of nitrogens with one attached hydrogen (secondary N) is 1. The quantitative estimate of drug-likeness (QED) is 0.735. The zero-order chi connectivity index (χ0) is 15.2. The number of aryl methyl sites for hydroxylation is 2. The highest BCUT2D eigenvalue weighted by Gasteiger charge is 2.16. The van der Waals surface area contributed by atoms with E-state index in [-0.39, 0.29) is 0 Å². The van der Waals surface area contributed by atoms with Crippen molar-refractivity contribution >= 4 is 0 Å². The van der Waals surface area contributed by atoms with Gasteiger partial charge in [0, 0.05) is 6.04 Å². The Morgan fingerprint density at radius 1 is 1.15 bits per heavy atom. The Kier molecular flexibility index (Phi) is 6.75. The average molecular weight is 275 g/mol. The summed E-state index contributed by atoms with van der Waals surface area (Å²) in [6.45, 7) is 14.8. The smallest absolute Gasteiger partial charge is 0.0108 e. The summed E-state index contributed by atoms with van der Waals surface area (Å²) in [5, 5.41) is 3.74. The Bertz CT molecular complexity index is 401. The molecular weight excluding hydrogens is 242 g/mol. The van der Waals surface area contributed by atoms with E-state index in [2.05, 4.69) is 65.1 Å². The summed E-state index contributed by atoms with van der Waals surface area (Å²) in [6, 6.07) is 7.43. The zero-order valence-electron chi connectivity index (χ0n) is 14.3. The summed E-state index contributed by atoms with van der Waals surface area (Å²) in [5.41, 5.74) is 4.73. The molecule has 0 heterocycles. The summed E-state index contributed by atoms with van der Waals surface area (Å²) in [5.74, 6) is 0. The van der Waals surface area contributed by atoms with Crippen LogP contribution >= 0.6 is 0 Å². The molecule has 0 radical (unpaired) electrons. The van der Waals surface area contributed by atoms with Crippen LogP contribution in [-0.4, -0.2) is 12.6 Å². The van der Waals surface area contributed by atoms with Crippen molar-refractivity contribution < 1.29 is 0 Å². The highest BCUT2D eigenvalue weighted by atomic mass is 14.9. The number of hydrogen-bond acceptors (Lipinski definition) is 1. The molecule has 0 aliphatic heterocycles. The third kappa shape index (κ3) is 6.56. The second-order valence-electron chi connectivity index (χ2n) is 7.38. The van der Waals surface area contributed by atoms with Crippen molar-refractivity contribution in [3.05, 3.63) is 34.9 Å². The van der Waals surface area contributed by atoms with Crippen LogP contribution in [0.3, 0.4) is 0 Å². The van der Waals surface area contributed by atoms with Gasteiger partial charge in [0.25, 0.3) is 0 Å². The van der Waals surface area contributed by atoms with E-state index < -0.39 is 0 Å². The fourth-order valence-electron chi connectivity index (χ4n) is 2.52. The van der Waals surface area contributed by atoms with Crippen LogP contribution in [0.1, 0.15) is 63.6 Å². The molecule has 1 N–H and O–H groups in total. The Morgan fingerprint density at radius 2 is 1.85 bits per heavy atom. The molecule has 0 saturated heterocycles. The molecule has 1 aromatic carbocycles. The standard InChI is InChI=1S/C19H33N/c1-7-12-20-18(10-11-19(4,5)6)14-17-13-15(2)8-9-16(17)3/h8-9,13,18,20H,7,10-12,14H2,1-6H3. The first kappa shape index (κ1) is 17.2. The number of rotatable bonds is 7. The summed E-state index contributed by atoms with van der Waals surface area (Å²) in [4.78, 5) is 0. The fraction of sp³-hybridized carbons (Fsp3) is 0.684. The highest BCUT2D eigenvalue weighted by molar-refractivity contribution is 5.31. The minimum absolute atomic E-state index is 0.424. The van der Waals surface area contributed by atoms with E-state index in [0.29, 0.717) is 11.5 Å². The lowest BCUT2D eigenvalue weighted by atomic mass is 9.87. The molecule has 1 nitrogen and oxygen atoms in total. The predicted octanol–water partition coefficient (Wildman–Crippen LogP) is 5.04. The van der Waals surface area contributed by atoms with Crippen LogP contribution in [0.25, 0.3) is 0 Å². The van der Waals surface area contributed by atoms with E-state index in [4.69, 9.17) is 0 Å². The molecule has 0 spiro atoms. The Morgan fingerprint density at radius 3 is 2.45 bits per heavy atom. The average Bonchev–Trinajstić information content (AvgIpc) is 2.36. The molecule has 20 heavy (non-hydrogen) atoms. The molecular formula is C19H33N. The topological polar surface area (TPSA) is 12.0 Å². The first-order valence-corrected chi connectivity index (χ1v) is 8.11. The first-order chi connectivity index (χ1) is 9.31. The minimum atomic E-state index is 0.424. The summed E-state index contributed by atoms with van der Waals surface area (Å²) >= 11 is 0. The second kappa shape index (κ2) is 7.83. The van der Waals surface area contributed by atoms with Gasteiger partial charge in [-0.15, -0.1) is 0 Å². The Balaban J connectivity index is 2.70. The molecule has 1 aromatic rings. The van der Waals surface area contributed by atoms with Crippen LogP contribution in [0.15, 0.2) is 18.2 Å². The van der Waals surface area contributed by atoms with Crippen molar-refractivity contribution in [1.82, 2.24) is 5.32 Å². The van der Waals surface area contributed by atoms with Crippen LogP contribution in [-0.2, 0) is 6.42 Å². The highest BCUT2D eigenvalue weighted by Crippen LogP contribution is 2.23. The van der Waals surface area contributed by atoms with Gasteiger partial charge in [-0.25, -0.2) is 0 Å². The molecule has 1 atom stereocenters. The first-order valence-electron chi connectivity index (χ1n) is 8.11. The van der Waals surface area contributed by atoms with Crippen molar-refractivity contribution in [2.24, 2.45) is 5.41 Å². The molecule has 0 aromatic heterocycles. The van der Waals surface area contributed by atoms with Crippen LogP contribution in [0.4, 0.5) is 0 Å². The van der Waals surface area contributed by atoms with E-state index in [1.54, 1.807) is 0 Å². The van der Waals surface area contributed by atoms with Crippen LogP contribution in [0.5, 0.6) is 0 Å².